The van der Waals surface area contributed by atoms with Crippen molar-refractivity contribution in [1.29, 1.82) is 5.41 Å². The molecule has 6 heteroatoms. The fraction of sp³-hybridized carbons (Fsp3) is 0.500. The van der Waals surface area contributed by atoms with E-state index in [9.17, 15) is 0 Å². The predicted molar refractivity (Wildman–Crippen MR) is 76.8 cm³/mol. The SMILES string of the molecule is COc1cc(C(=N)N)ccc1OCCN1CCOCC1. The van der Waals surface area contributed by atoms with E-state index in [-0.39, 0.29) is 5.84 Å². The molecule has 0 atom stereocenters. The van der Waals surface area contributed by atoms with Gasteiger partial charge in [0.05, 0.1) is 20.3 Å². The highest BCUT2D eigenvalue weighted by Crippen LogP contribution is 2.27. The number of methoxy groups -OCH3 is 1. The van der Waals surface area contributed by atoms with Crippen LogP contribution in [0, 0.1) is 5.41 Å². The van der Waals surface area contributed by atoms with Crippen LogP contribution >= 0.6 is 0 Å². The third kappa shape index (κ3) is 3.85. The fourth-order valence-electron chi connectivity index (χ4n) is 2.06. The largest absolute Gasteiger partial charge is 0.493 e. The topological polar surface area (TPSA) is 80.8 Å². The molecule has 1 aromatic carbocycles. The first kappa shape index (κ1) is 14.6. The summed E-state index contributed by atoms with van der Waals surface area (Å²) in [6.07, 6.45) is 0. The van der Waals surface area contributed by atoms with Crippen molar-refractivity contribution in [3.05, 3.63) is 23.8 Å². The molecule has 0 spiro atoms. The van der Waals surface area contributed by atoms with Gasteiger partial charge in [0.1, 0.15) is 12.4 Å². The van der Waals surface area contributed by atoms with Gasteiger partial charge >= 0.3 is 0 Å². The van der Waals surface area contributed by atoms with Crippen molar-refractivity contribution in [3.8, 4) is 11.5 Å². The molecule has 1 fully saturated rings. The van der Waals surface area contributed by atoms with Crippen LogP contribution in [-0.4, -0.2) is 57.3 Å². The van der Waals surface area contributed by atoms with E-state index in [1.54, 1.807) is 25.3 Å². The first-order chi connectivity index (χ1) is 9.70. The minimum Gasteiger partial charge on any atom is -0.493 e. The van der Waals surface area contributed by atoms with E-state index >= 15 is 0 Å². The summed E-state index contributed by atoms with van der Waals surface area (Å²) in [5, 5.41) is 7.41. The summed E-state index contributed by atoms with van der Waals surface area (Å²) >= 11 is 0. The third-order valence-corrected chi connectivity index (χ3v) is 3.24. The van der Waals surface area contributed by atoms with Crippen LogP contribution in [-0.2, 0) is 4.74 Å². The predicted octanol–water partition coefficient (Wildman–Crippen LogP) is 0.690. The second-order valence-corrected chi connectivity index (χ2v) is 4.58. The van der Waals surface area contributed by atoms with Crippen molar-refractivity contribution < 1.29 is 14.2 Å². The molecule has 2 rings (SSSR count). The molecule has 0 bridgehead atoms. The van der Waals surface area contributed by atoms with Crippen molar-refractivity contribution in [2.75, 3.05) is 46.6 Å². The van der Waals surface area contributed by atoms with Crippen LogP contribution in [0.1, 0.15) is 5.56 Å². The molecule has 0 radical (unpaired) electrons. The number of morpholine rings is 1. The normalized spacial score (nSPS) is 15.8. The number of amidine groups is 1. The molecule has 1 heterocycles. The third-order valence-electron chi connectivity index (χ3n) is 3.24. The number of ether oxygens (including phenoxy) is 3. The Kier molecular flexibility index (Phi) is 5.20. The molecule has 110 valence electrons. The van der Waals surface area contributed by atoms with Crippen molar-refractivity contribution in [1.82, 2.24) is 4.90 Å². The Hall–Kier alpha value is -1.79. The van der Waals surface area contributed by atoms with Crippen LogP contribution in [0.15, 0.2) is 18.2 Å². The van der Waals surface area contributed by atoms with Gasteiger partial charge in [-0.15, -0.1) is 0 Å². The van der Waals surface area contributed by atoms with E-state index in [4.69, 9.17) is 25.4 Å². The lowest BCUT2D eigenvalue weighted by molar-refractivity contribution is 0.0321. The van der Waals surface area contributed by atoms with Crippen molar-refractivity contribution in [2.45, 2.75) is 0 Å². The van der Waals surface area contributed by atoms with Gasteiger partial charge in [-0.25, -0.2) is 0 Å². The number of nitrogens with one attached hydrogen (secondary N) is 1. The van der Waals surface area contributed by atoms with Crippen LogP contribution in [0.2, 0.25) is 0 Å². The number of rotatable bonds is 6. The summed E-state index contributed by atoms with van der Waals surface area (Å²) < 4.78 is 16.3. The second kappa shape index (κ2) is 7.12. The summed E-state index contributed by atoms with van der Waals surface area (Å²) in [5.74, 6) is 1.29. The number of hydrogen-bond acceptors (Lipinski definition) is 5. The van der Waals surface area contributed by atoms with Gasteiger partial charge in [-0.2, -0.15) is 0 Å². The van der Waals surface area contributed by atoms with Crippen LogP contribution < -0.4 is 15.2 Å². The molecule has 0 unspecified atom stereocenters. The highest BCUT2D eigenvalue weighted by molar-refractivity contribution is 5.95. The van der Waals surface area contributed by atoms with Crippen molar-refractivity contribution in [3.63, 3.8) is 0 Å². The number of benzene rings is 1. The smallest absolute Gasteiger partial charge is 0.161 e. The molecule has 6 nitrogen and oxygen atoms in total. The lowest BCUT2D eigenvalue weighted by Gasteiger charge is -2.26. The Balaban J connectivity index is 1.89. The van der Waals surface area contributed by atoms with Crippen molar-refractivity contribution in [2.24, 2.45) is 5.73 Å². The number of nitrogens with zero attached hydrogens (tertiary/aromatic N) is 1. The van der Waals surface area contributed by atoms with Gasteiger partial charge in [-0.1, -0.05) is 0 Å². The summed E-state index contributed by atoms with van der Waals surface area (Å²) in [6, 6.07) is 5.26. The molecule has 0 aromatic heterocycles. The van der Waals surface area contributed by atoms with E-state index in [1.165, 1.54) is 0 Å². The molecule has 1 aromatic rings. The van der Waals surface area contributed by atoms with Gasteiger partial charge in [-0.05, 0) is 18.2 Å². The molecule has 0 saturated carbocycles. The van der Waals surface area contributed by atoms with Gasteiger partial charge in [-0.3, -0.25) is 10.3 Å². The van der Waals surface area contributed by atoms with Crippen LogP contribution in [0.25, 0.3) is 0 Å². The second-order valence-electron chi connectivity index (χ2n) is 4.58. The lowest BCUT2D eigenvalue weighted by atomic mass is 10.2. The Morgan fingerprint density at radius 1 is 1.35 bits per heavy atom. The molecule has 3 N–H and O–H groups in total. The highest BCUT2D eigenvalue weighted by atomic mass is 16.5. The summed E-state index contributed by atoms with van der Waals surface area (Å²) in [6.45, 7) is 4.93. The van der Waals surface area contributed by atoms with E-state index in [2.05, 4.69) is 4.90 Å². The summed E-state index contributed by atoms with van der Waals surface area (Å²) in [5.41, 5.74) is 6.08. The fourth-order valence-corrected chi connectivity index (χ4v) is 2.06. The maximum atomic E-state index is 7.41. The zero-order valence-corrected chi connectivity index (χ0v) is 11.7. The van der Waals surface area contributed by atoms with Gasteiger partial charge in [0.15, 0.2) is 11.5 Å². The van der Waals surface area contributed by atoms with Crippen molar-refractivity contribution >= 4 is 5.84 Å². The molecular weight excluding hydrogens is 258 g/mol. The average molecular weight is 279 g/mol. The maximum Gasteiger partial charge on any atom is 0.161 e. The Bertz CT molecular complexity index is 459. The van der Waals surface area contributed by atoms with Gasteiger partial charge in [0.2, 0.25) is 0 Å². The monoisotopic (exact) mass is 279 g/mol. The molecule has 1 aliphatic rings. The Morgan fingerprint density at radius 3 is 2.75 bits per heavy atom. The average Bonchev–Trinajstić information content (AvgIpc) is 2.48. The number of nitrogen functional groups attached to an aromatic ring is 1. The molecular formula is C14H21N3O3. The molecule has 0 aliphatic carbocycles. The lowest BCUT2D eigenvalue weighted by Crippen LogP contribution is -2.38. The van der Waals surface area contributed by atoms with Gasteiger partial charge < -0.3 is 19.9 Å². The Morgan fingerprint density at radius 2 is 2.10 bits per heavy atom. The van der Waals surface area contributed by atoms with Gasteiger partial charge in [0.25, 0.3) is 0 Å². The zero-order chi connectivity index (χ0) is 14.4. The maximum absolute atomic E-state index is 7.41. The van der Waals surface area contributed by atoms with Crippen LogP contribution in [0.4, 0.5) is 0 Å². The Labute approximate surface area is 118 Å². The van der Waals surface area contributed by atoms with E-state index in [0.29, 0.717) is 23.7 Å². The molecule has 0 amide bonds. The van der Waals surface area contributed by atoms with Gasteiger partial charge in [0, 0.05) is 25.2 Å². The summed E-state index contributed by atoms with van der Waals surface area (Å²) in [7, 11) is 1.58. The van der Waals surface area contributed by atoms with E-state index < -0.39 is 0 Å². The van der Waals surface area contributed by atoms with E-state index in [0.717, 1.165) is 32.8 Å². The standard InChI is InChI=1S/C14H21N3O3/c1-18-13-10-11(14(15)16)2-3-12(13)20-9-6-17-4-7-19-8-5-17/h2-3,10H,4-9H2,1H3,(H3,15,16). The minimum absolute atomic E-state index is 0.0168. The number of nitrogens with two attached hydrogens (primary N) is 1. The minimum atomic E-state index is 0.0168. The quantitative estimate of drug-likeness (QED) is 0.591. The summed E-state index contributed by atoms with van der Waals surface area (Å²) in [4.78, 5) is 2.31. The van der Waals surface area contributed by atoms with Crippen LogP contribution in [0.5, 0.6) is 11.5 Å². The molecule has 20 heavy (non-hydrogen) atoms. The molecule has 1 aliphatic heterocycles. The first-order valence-electron chi connectivity index (χ1n) is 6.66. The van der Waals surface area contributed by atoms with Crippen LogP contribution in [0.3, 0.4) is 0 Å². The molecule has 1 saturated heterocycles. The highest BCUT2D eigenvalue weighted by Gasteiger charge is 2.11. The first-order valence-corrected chi connectivity index (χ1v) is 6.66. The zero-order valence-electron chi connectivity index (χ0n) is 11.7. The van der Waals surface area contributed by atoms with E-state index in [1.807, 2.05) is 0 Å². The number of hydrogen-bond donors (Lipinski definition) is 2.